The first-order valence-corrected chi connectivity index (χ1v) is 8.17. The van der Waals surface area contributed by atoms with Crippen LogP contribution < -0.4 is 0 Å². The van der Waals surface area contributed by atoms with Crippen molar-refractivity contribution in [1.82, 2.24) is 0 Å². The Morgan fingerprint density at radius 3 is 2.89 bits per heavy atom. The van der Waals surface area contributed by atoms with Gasteiger partial charge in [0.25, 0.3) is 0 Å². The van der Waals surface area contributed by atoms with Crippen molar-refractivity contribution >= 4 is 17.3 Å². The van der Waals surface area contributed by atoms with Gasteiger partial charge in [0.05, 0.1) is 13.0 Å². The number of ether oxygens (including phenoxy) is 1. The predicted molar refractivity (Wildman–Crippen MR) is 79.6 cm³/mol. The lowest BCUT2D eigenvalue weighted by Gasteiger charge is -2.12. The van der Waals surface area contributed by atoms with Crippen LogP contribution >= 0.6 is 11.3 Å². The van der Waals surface area contributed by atoms with Gasteiger partial charge >= 0.3 is 5.97 Å². The summed E-state index contributed by atoms with van der Waals surface area (Å²) < 4.78 is 4.83. The standard InChI is InChI=1S/C16H24O2S/c1-4-6-13-7-8-15(19-13)11(5-2)9-12-10-14(12)16(17)18-3/h7-8,11-12,14H,4-6,9-10H2,1-3H3. The summed E-state index contributed by atoms with van der Waals surface area (Å²) in [5.41, 5.74) is 0. The summed E-state index contributed by atoms with van der Waals surface area (Å²) in [6.45, 7) is 4.47. The quantitative estimate of drug-likeness (QED) is 0.692. The molecule has 0 aliphatic heterocycles. The SMILES string of the molecule is CCCc1ccc(C(CC)CC2CC2C(=O)OC)s1. The maximum Gasteiger partial charge on any atom is 0.308 e. The van der Waals surface area contributed by atoms with Crippen LogP contribution in [0.1, 0.15) is 55.2 Å². The molecule has 2 rings (SSSR count). The molecule has 0 bridgehead atoms. The van der Waals surface area contributed by atoms with E-state index in [1.54, 1.807) is 0 Å². The van der Waals surface area contributed by atoms with Gasteiger partial charge in [0.1, 0.15) is 0 Å². The van der Waals surface area contributed by atoms with Crippen LogP contribution in [-0.4, -0.2) is 13.1 Å². The Hall–Kier alpha value is -0.830. The summed E-state index contributed by atoms with van der Waals surface area (Å²) in [7, 11) is 1.49. The molecule has 1 saturated carbocycles. The summed E-state index contributed by atoms with van der Waals surface area (Å²) in [6.07, 6.45) is 5.73. The monoisotopic (exact) mass is 280 g/mol. The van der Waals surface area contributed by atoms with E-state index in [9.17, 15) is 4.79 Å². The Labute approximate surface area is 120 Å². The van der Waals surface area contributed by atoms with Crippen molar-refractivity contribution < 1.29 is 9.53 Å². The number of carbonyl (C=O) groups is 1. The van der Waals surface area contributed by atoms with Crippen molar-refractivity contribution in [3.05, 3.63) is 21.9 Å². The summed E-state index contributed by atoms with van der Waals surface area (Å²) in [5.74, 6) is 1.33. The van der Waals surface area contributed by atoms with Gasteiger partial charge in [-0.2, -0.15) is 0 Å². The minimum atomic E-state index is -0.0160. The fourth-order valence-electron chi connectivity index (χ4n) is 2.79. The molecule has 3 unspecified atom stereocenters. The number of carbonyl (C=O) groups excluding carboxylic acids is 1. The first kappa shape index (κ1) is 14.6. The Balaban J connectivity index is 1.91. The first-order chi connectivity index (χ1) is 9.19. The normalized spacial score (nSPS) is 23.1. The lowest BCUT2D eigenvalue weighted by Crippen LogP contribution is -2.06. The third-order valence-corrected chi connectivity index (χ3v) is 5.40. The number of hydrogen-bond donors (Lipinski definition) is 0. The number of hydrogen-bond acceptors (Lipinski definition) is 3. The molecule has 1 aliphatic carbocycles. The second-order valence-electron chi connectivity index (χ2n) is 5.52. The average Bonchev–Trinajstić information content (AvgIpc) is 3.05. The Kier molecular flexibility index (Phi) is 5.03. The van der Waals surface area contributed by atoms with Gasteiger partial charge < -0.3 is 4.74 Å². The van der Waals surface area contributed by atoms with E-state index in [1.807, 2.05) is 11.3 Å². The molecule has 0 amide bonds. The molecule has 3 atom stereocenters. The number of aryl methyl sites for hydroxylation is 1. The van der Waals surface area contributed by atoms with Gasteiger partial charge in [-0.25, -0.2) is 0 Å². The van der Waals surface area contributed by atoms with Crippen LogP contribution in [0.4, 0.5) is 0 Å². The number of esters is 1. The topological polar surface area (TPSA) is 26.3 Å². The molecule has 2 nitrogen and oxygen atoms in total. The fourth-order valence-corrected chi connectivity index (χ4v) is 4.10. The van der Waals surface area contributed by atoms with Crippen molar-refractivity contribution in [2.24, 2.45) is 11.8 Å². The molecule has 0 saturated heterocycles. The van der Waals surface area contributed by atoms with E-state index >= 15 is 0 Å². The molecule has 3 heteroatoms. The summed E-state index contributed by atoms with van der Waals surface area (Å²) in [5, 5.41) is 0. The average molecular weight is 280 g/mol. The minimum Gasteiger partial charge on any atom is -0.469 e. The molecule has 0 N–H and O–H groups in total. The summed E-state index contributed by atoms with van der Waals surface area (Å²) in [6, 6.07) is 4.57. The van der Waals surface area contributed by atoms with Gasteiger partial charge in [0.15, 0.2) is 0 Å². The Bertz CT molecular complexity index is 424. The molecule has 19 heavy (non-hydrogen) atoms. The third-order valence-electron chi connectivity index (χ3n) is 4.09. The molecule has 1 aromatic heterocycles. The van der Waals surface area contributed by atoms with Gasteiger partial charge in [-0.1, -0.05) is 20.3 Å². The molecule has 0 radical (unpaired) electrons. The van der Waals surface area contributed by atoms with Gasteiger partial charge in [0.2, 0.25) is 0 Å². The molecular weight excluding hydrogens is 256 g/mol. The number of thiophene rings is 1. The molecule has 0 aromatic carbocycles. The fraction of sp³-hybridized carbons (Fsp3) is 0.688. The second kappa shape index (κ2) is 6.56. The predicted octanol–water partition coefficient (Wildman–Crippen LogP) is 4.39. The third kappa shape index (κ3) is 3.59. The summed E-state index contributed by atoms with van der Waals surface area (Å²) in [4.78, 5) is 14.5. The van der Waals surface area contributed by atoms with E-state index < -0.39 is 0 Å². The van der Waals surface area contributed by atoms with Crippen molar-refractivity contribution in [3.8, 4) is 0 Å². The highest BCUT2D eigenvalue weighted by Crippen LogP contribution is 2.47. The van der Waals surface area contributed by atoms with Crippen molar-refractivity contribution in [2.45, 2.75) is 51.9 Å². The largest absolute Gasteiger partial charge is 0.469 e. The van der Waals surface area contributed by atoms with E-state index in [4.69, 9.17) is 4.74 Å². The lowest BCUT2D eigenvalue weighted by molar-refractivity contribution is -0.142. The van der Waals surface area contributed by atoms with E-state index in [2.05, 4.69) is 26.0 Å². The smallest absolute Gasteiger partial charge is 0.308 e. The molecule has 1 heterocycles. The minimum absolute atomic E-state index is 0.0160. The van der Waals surface area contributed by atoms with Crippen molar-refractivity contribution in [2.75, 3.05) is 7.11 Å². The van der Waals surface area contributed by atoms with Crippen LogP contribution in [0.2, 0.25) is 0 Å². The number of rotatable bonds is 7. The second-order valence-corrected chi connectivity index (χ2v) is 6.72. The van der Waals surface area contributed by atoms with Gasteiger partial charge in [0, 0.05) is 9.75 Å². The zero-order valence-corrected chi connectivity index (χ0v) is 13.0. The maximum atomic E-state index is 11.5. The van der Waals surface area contributed by atoms with Crippen LogP contribution in [-0.2, 0) is 16.0 Å². The summed E-state index contributed by atoms with van der Waals surface area (Å²) >= 11 is 1.96. The van der Waals surface area contributed by atoms with Crippen LogP contribution in [0.15, 0.2) is 12.1 Å². The van der Waals surface area contributed by atoms with Gasteiger partial charge in [-0.3, -0.25) is 4.79 Å². The molecule has 0 spiro atoms. The molecule has 1 fully saturated rings. The van der Waals surface area contributed by atoms with Crippen molar-refractivity contribution in [3.63, 3.8) is 0 Å². The zero-order chi connectivity index (χ0) is 13.8. The lowest BCUT2D eigenvalue weighted by atomic mass is 9.97. The molecule has 106 valence electrons. The van der Waals surface area contributed by atoms with Crippen molar-refractivity contribution in [1.29, 1.82) is 0 Å². The maximum absolute atomic E-state index is 11.5. The van der Waals surface area contributed by atoms with E-state index in [0.717, 1.165) is 19.3 Å². The highest BCUT2D eigenvalue weighted by atomic mass is 32.1. The molecule has 1 aromatic rings. The van der Waals surface area contributed by atoms with Crippen LogP contribution in [0.3, 0.4) is 0 Å². The number of methoxy groups -OCH3 is 1. The highest BCUT2D eigenvalue weighted by molar-refractivity contribution is 7.12. The Morgan fingerprint density at radius 1 is 1.47 bits per heavy atom. The zero-order valence-electron chi connectivity index (χ0n) is 12.1. The molecular formula is C16H24O2S. The van der Waals surface area contributed by atoms with Gasteiger partial charge in [-0.15, -0.1) is 11.3 Å². The first-order valence-electron chi connectivity index (χ1n) is 7.36. The highest BCUT2D eigenvalue weighted by Gasteiger charge is 2.44. The van der Waals surface area contributed by atoms with Crippen LogP contribution in [0, 0.1) is 11.8 Å². The molecule has 1 aliphatic rings. The van der Waals surface area contributed by atoms with E-state index in [-0.39, 0.29) is 11.9 Å². The van der Waals surface area contributed by atoms with E-state index in [1.165, 1.54) is 29.7 Å². The van der Waals surface area contributed by atoms with Crippen LogP contribution in [0.25, 0.3) is 0 Å². The van der Waals surface area contributed by atoms with E-state index in [0.29, 0.717) is 11.8 Å². The van der Waals surface area contributed by atoms with Crippen LogP contribution in [0.5, 0.6) is 0 Å². The van der Waals surface area contributed by atoms with Gasteiger partial charge in [-0.05, 0) is 49.7 Å². The Morgan fingerprint density at radius 2 is 2.26 bits per heavy atom.